The molecule has 1 heteroatoms. The van der Waals surface area contributed by atoms with Crippen molar-refractivity contribution >= 4 is 0 Å². The molecule has 0 aromatic heterocycles. The third-order valence-corrected chi connectivity index (χ3v) is 1.90. The van der Waals surface area contributed by atoms with Gasteiger partial charge in [0.1, 0.15) is 0 Å². The first-order chi connectivity index (χ1) is 5.52. The average Bonchev–Trinajstić information content (AvgIpc) is 1.84. The fraction of sp³-hybridized carbons (Fsp3) is 1.00. The fourth-order valence-electron chi connectivity index (χ4n) is 1.35. The van der Waals surface area contributed by atoms with Gasteiger partial charge in [-0.2, -0.15) is 0 Å². The average molecular weight is 172 g/mol. The minimum atomic E-state index is 0.374. The summed E-state index contributed by atoms with van der Waals surface area (Å²) in [4.78, 5) is 0. The number of hydrogen-bond acceptors (Lipinski definition) is 1. The van der Waals surface area contributed by atoms with E-state index in [0.29, 0.717) is 12.2 Å². The molecule has 0 aliphatic heterocycles. The van der Waals surface area contributed by atoms with Gasteiger partial charge < -0.3 is 4.74 Å². The topological polar surface area (TPSA) is 9.23 Å². The minimum Gasteiger partial charge on any atom is -0.376 e. The summed E-state index contributed by atoms with van der Waals surface area (Å²) in [5.74, 6) is 0.830. The summed E-state index contributed by atoms with van der Waals surface area (Å²) in [6.07, 6.45) is 4.64. The van der Waals surface area contributed by atoms with E-state index in [0.717, 1.165) is 5.92 Å². The van der Waals surface area contributed by atoms with Crippen LogP contribution >= 0.6 is 0 Å². The maximum absolute atomic E-state index is 5.63. The number of rotatable bonds is 6. The van der Waals surface area contributed by atoms with Gasteiger partial charge in [-0.1, -0.05) is 26.7 Å². The lowest BCUT2D eigenvalue weighted by molar-refractivity contribution is 0.0128. The van der Waals surface area contributed by atoms with E-state index in [9.17, 15) is 0 Å². The van der Waals surface area contributed by atoms with Crippen molar-refractivity contribution < 1.29 is 4.74 Å². The van der Waals surface area contributed by atoms with Crippen molar-refractivity contribution in [1.29, 1.82) is 0 Å². The molecule has 0 fully saturated rings. The van der Waals surface area contributed by atoms with E-state index < -0.39 is 0 Å². The molecular weight excluding hydrogens is 148 g/mol. The van der Waals surface area contributed by atoms with Crippen LogP contribution in [-0.2, 0) is 4.74 Å². The molecule has 0 rings (SSSR count). The van der Waals surface area contributed by atoms with Gasteiger partial charge in [-0.15, -0.1) is 0 Å². The molecule has 0 saturated carbocycles. The van der Waals surface area contributed by atoms with Crippen molar-refractivity contribution in [2.45, 2.75) is 66.1 Å². The van der Waals surface area contributed by atoms with Crippen LogP contribution in [0.5, 0.6) is 0 Å². The van der Waals surface area contributed by atoms with Gasteiger partial charge in [0.2, 0.25) is 0 Å². The molecule has 0 saturated heterocycles. The Morgan fingerprint density at radius 3 is 1.92 bits per heavy atom. The first-order valence-corrected chi connectivity index (χ1v) is 5.17. The second-order valence-electron chi connectivity index (χ2n) is 4.32. The van der Waals surface area contributed by atoms with E-state index in [-0.39, 0.29) is 0 Å². The minimum absolute atomic E-state index is 0.374. The Bertz CT molecular complexity index is 97.2. The standard InChI is InChI=1S/C11H24O/c1-9(2)7-6-8-11(5)12-10(3)4/h9-11H,6-8H2,1-5H3/t11-/m1/s1. The van der Waals surface area contributed by atoms with E-state index in [1.165, 1.54) is 19.3 Å². The number of ether oxygens (including phenoxy) is 1. The van der Waals surface area contributed by atoms with Crippen molar-refractivity contribution in [3.63, 3.8) is 0 Å². The first kappa shape index (κ1) is 12.0. The Balaban J connectivity index is 3.25. The van der Waals surface area contributed by atoms with Crippen molar-refractivity contribution in [2.75, 3.05) is 0 Å². The van der Waals surface area contributed by atoms with Crippen molar-refractivity contribution in [2.24, 2.45) is 5.92 Å². The summed E-state index contributed by atoms with van der Waals surface area (Å²) in [5.41, 5.74) is 0. The molecule has 0 N–H and O–H groups in total. The first-order valence-electron chi connectivity index (χ1n) is 5.17. The highest BCUT2D eigenvalue weighted by Crippen LogP contribution is 2.11. The van der Waals surface area contributed by atoms with Gasteiger partial charge >= 0.3 is 0 Å². The van der Waals surface area contributed by atoms with Crippen molar-refractivity contribution in [3.8, 4) is 0 Å². The summed E-state index contributed by atoms with van der Waals surface area (Å²) >= 11 is 0. The van der Waals surface area contributed by atoms with E-state index in [1.807, 2.05) is 0 Å². The van der Waals surface area contributed by atoms with Gasteiger partial charge in [-0.3, -0.25) is 0 Å². The van der Waals surface area contributed by atoms with E-state index in [4.69, 9.17) is 4.74 Å². The fourth-order valence-corrected chi connectivity index (χ4v) is 1.35. The van der Waals surface area contributed by atoms with Gasteiger partial charge in [0.05, 0.1) is 12.2 Å². The van der Waals surface area contributed by atoms with E-state index >= 15 is 0 Å². The molecule has 0 aliphatic carbocycles. The molecule has 12 heavy (non-hydrogen) atoms. The lowest BCUT2D eigenvalue weighted by Gasteiger charge is -2.16. The maximum atomic E-state index is 5.63. The second-order valence-corrected chi connectivity index (χ2v) is 4.32. The predicted molar refractivity (Wildman–Crippen MR) is 54.4 cm³/mol. The molecule has 74 valence electrons. The van der Waals surface area contributed by atoms with Crippen LogP contribution in [0, 0.1) is 5.92 Å². The van der Waals surface area contributed by atoms with Crippen LogP contribution in [0.3, 0.4) is 0 Å². The highest BCUT2D eigenvalue weighted by atomic mass is 16.5. The quantitative estimate of drug-likeness (QED) is 0.594. The van der Waals surface area contributed by atoms with Crippen LogP contribution in [0.25, 0.3) is 0 Å². The third kappa shape index (κ3) is 8.06. The molecule has 0 aliphatic rings. The summed E-state index contributed by atoms with van der Waals surface area (Å²) in [5, 5.41) is 0. The highest BCUT2D eigenvalue weighted by Gasteiger charge is 2.04. The molecule has 1 nitrogen and oxygen atoms in total. The molecule has 0 amide bonds. The lowest BCUT2D eigenvalue weighted by Crippen LogP contribution is -2.14. The Kier molecular flexibility index (Phi) is 6.45. The van der Waals surface area contributed by atoms with Gasteiger partial charge in [0.15, 0.2) is 0 Å². The molecule has 0 heterocycles. The molecule has 0 unspecified atom stereocenters. The van der Waals surface area contributed by atoms with Gasteiger partial charge in [0.25, 0.3) is 0 Å². The van der Waals surface area contributed by atoms with Crippen LogP contribution < -0.4 is 0 Å². The highest BCUT2D eigenvalue weighted by molar-refractivity contribution is 4.54. The monoisotopic (exact) mass is 172 g/mol. The second kappa shape index (κ2) is 6.47. The van der Waals surface area contributed by atoms with Crippen LogP contribution in [0.1, 0.15) is 53.9 Å². The zero-order valence-electron chi connectivity index (χ0n) is 9.26. The van der Waals surface area contributed by atoms with Crippen molar-refractivity contribution in [3.05, 3.63) is 0 Å². The van der Waals surface area contributed by atoms with Gasteiger partial charge in [0, 0.05) is 0 Å². The Morgan fingerprint density at radius 1 is 0.917 bits per heavy atom. The third-order valence-electron chi connectivity index (χ3n) is 1.90. The Labute approximate surface area is 77.5 Å². The zero-order valence-corrected chi connectivity index (χ0v) is 9.26. The molecule has 0 aromatic carbocycles. The summed E-state index contributed by atoms with van der Waals surface area (Å²) in [6.45, 7) is 10.9. The van der Waals surface area contributed by atoms with Crippen LogP contribution in [0.15, 0.2) is 0 Å². The molecule has 1 atom stereocenters. The maximum Gasteiger partial charge on any atom is 0.0550 e. The van der Waals surface area contributed by atoms with Crippen molar-refractivity contribution in [1.82, 2.24) is 0 Å². The molecular formula is C11H24O. The zero-order chi connectivity index (χ0) is 9.56. The summed E-state index contributed by atoms with van der Waals surface area (Å²) < 4.78 is 5.63. The largest absolute Gasteiger partial charge is 0.376 e. The molecule has 0 radical (unpaired) electrons. The van der Waals surface area contributed by atoms with Gasteiger partial charge in [-0.05, 0) is 33.1 Å². The summed E-state index contributed by atoms with van der Waals surface area (Å²) in [6, 6.07) is 0. The molecule has 0 bridgehead atoms. The molecule has 0 aromatic rings. The van der Waals surface area contributed by atoms with Crippen LogP contribution in [0.2, 0.25) is 0 Å². The smallest absolute Gasteiger partial charge is 0.0550 e. The summed E-state index contributed by atoms with van der Waals surface area (Å²) in [7, 11) is 0. The SMILES string of the molecule is CC(C)CCC[C@@H](C)OC(C)C. The predicted octanol–water partition coefficient (Wildman–Crippen LogP) is 3.63. The van der Waals surface area contributed by atoms with Crippen LogP contribution in [-0.4, -0.2) is 12.2 Å². The Hall–Kier alpha value is -0.0400. The van der Waals surface area contributed by atoms with Crippen LogP contribution in [0.4, 0.5) is 0 Å². The molecule has 0 spiro atoms. The van der Waals surface area contributed by atoms with Gasteiger partial charge in [-0.25, -0.2) is 0 Å². The number of hydrogen-bond donors (Lipinski definition) is 0. The Morgan fingerprint density at radius 2 is 1.50 bits per heavy atom. The lowest BCUT2D eigenvalue weighted by atomic mass is 10.0. The normalized spacial score (nSPS) is 14.2. The van der Waals surface area contributed by atoms with E-state index in [1.54, 1.807) is 0 Å². The van der Waals surface area contributed by atoms with E-state index in [2.05, 4.69) is 34.6 Å².